The zero-order chi connectivity index (χ0) is 42.0. The second kappa shape index (κ2) is 32.2. The van der Waals surface area contributed by atoms with Crippen molar-refractivity contribution < 1.29 is 28.7 Å². The molecular formula is C46H60N4O6. The molecule has 0 aromatic heterocycles. The maximum Gasteiger partial charge on any atom is 0.224 e. The standard InChI is InChI=1S/C27H31NO.C8H9NO2.C8H11NO.CH5N.2CH2O/c1-21(17-23-9-5-3-6-10-23)18-25-13-15-26(16-14-25)20-27(29)28-22(2)19-24-11-7-4-8-12-24;1-11-8-4-2-7(3-5-8)9-6-10;1-9-7-3-5-8(10-2)6-4-7;3*1-2/h3-16,21-22H,17-20H2,1-2H3,(H,28,29);2-6H,1H3,(H,9,10);3-6,9H,1-2H3;2H2,1H3;2*1H2/t21-,22?;;;;;/m1...../s1. The molecular weight excluding hydrogens is 705 g/mol. The molecule has 300 valence electrons. The summed E-state index contributed by atoms with van der Waals surface area (Å²) in [5.74, 6) is 2.34. The average molecular weight is 765 g/mol. The maximum atomic E-state index is 12.4. The summed E-state index contributed by atoms with van der Waals surface area (Å²) in [5, 5.41) is 8.66. The van der Waals surface area contributed by atoms with Gasteiger partial charge in [-0.2, -0.15) is 0 Å². The Hall–Kier alpha value is -6.26. The second-order valence-corrected chi connectivity index (χ2v) is 12.1. The first kappa shape index (κ1) is 49.7. The van der Waals surface area contributed by atoms with Gasteiger partial charge >= 0.3 is 0 Å². The average Bonchev–Trinajstić information content (AvgIpc) is 3.25. The number of ether oxygens (including phenoxy) is 2. The number of nitrogens with one attached hydrogen (secondary N) is 3. The van der Waals surface area contributed by atoms with Crippen molar-refractivity contribution in [2.45, 2.75) is 45.6 Å². The van der Waals surface area contributed by atoms with Gasteiger partial charge in [-0.1, -0.05) is 91.9 Å². The summed E-state index contributed by atoms with van der Waals surface area (Å²) >= 11 is 0. The lowest BCUT2D eigenvalue weighted by Gasteiger charge is -2.14. The number of hydrogen-bond acceptors (Lipinski definition) is 8. The second-order valence-electron chi connectivity index (χ2n) is 12.1. The molecule has 5 N–H and O–H groups in total. The van der Waals surface area contributed by atoms with Crippen LogP contribution < -0.4 is 31.2 Å². The van der Waals surface area contributed by atoms with Crippen molar-refractivity contribution in [1.82, 2.24) is 5.32 Å². The summed E-state index contributed by atoms with van der Waals surface area (Å²) < 4.78 is 9.92. The molecule has 0 aliphatic rings. The third kappa shape index (κ3) is 22.1. The molecule has 0 saturated carbocycles. The molecule has 2 amide bonds. The molecule has 1 unspecified atom stereocenters. The minimum absolute atomic E-state index is 0.0821. The molecule has 0 aliphatic carbocycles. The van der Waals surface area contributed by atoms with Gasteiger partial charge in [0.2, 0.25) is 12.3 Å². The summed E-state index contributed by atoms with van der Waals surface area (Å²) in [6.45, 7) is 8.35. The van der Waals surface area contributed by atoms with Crippen LogP contribution in [0.4, 0.5) is 11.4 Å². The molecule has 5 aromatic carbocycles. The Morgan fingerprint density at radius 3 is 1.41 bits per heavy atom. The predicted octanol–water partition coefficient (Wildman–Crippen LogP) is 7.60. The Balaban J connectivity index is 0.000000916. The molecule has 0 heterocycles. The molecule has 5 rings (SSSR count). The van der Waals surface area contributed by atoms with Crippen molar-refractivity contribution in [1.29, 1.82) is 0 Å². The highest BCUT2D eigenvalue weighted by atomic mass is 16.5. The number of anilines is 2. The molecule has 0 fully saturated rings. The van der Waals surface area contributed by atoms with Crippen LogP contribution in [0.25, 0.3) is 0 Å². The van der Waals surface area contributed by atoms with E-state index in [1.165, 1.54) is 23.7 Å². The van der Waals surface area contributed by atoms with Crippen LogP contribution in [0.3, 0.4) is 0 Å². The lowest BCUT2D eigenvalue weighted by Crippen LogP contribution is -2.35. The Morgan fingerprint density at radius 2 is 1.00 bits per heavy atom. The topological polar surface area (TPSA) is 149 Å². The molecule has 0 bridgehead atoms. The predicted molar refractivity (Wildman–Crippen MR) is 230 cm³/mol. The number of nitrogens with two attached hydrogens (primary N) is 1. The largest absolute Gasteiger partial charge is 0.497 e. The minimum Gasteiger partial charge on any atom is -0.497 e. The van der Waals surface area contributed by atoms with Gasteiger partial charge < -0.3 is 40.7 Å². The van der Waals surface area contributed by atoms with Crippen molar-refractivity contribution in [3.05, 3.63) is 156 Å². The molecule has 10 nitrogen and oxygen atoms in total. The summed E-state index contributed by atoms with van der Waals surface area (Å²) in [7, 11) is 6.65. The Morgan fingerprint density at radius 1 is 0.607 bits per heavy atom. The summed E-state index contributed by atoms with van der Waals surface area (Å²) in [6, 6.07) is 44.4. The van der Waals surface area contributed by atoms with E-state index in [0.717, 1.165) is 47.7 Å². The van der Waals surface area contributed by atoms with E-state index in [1.54, 1.807) is 38.5 Å². The van der Waals surface area contributed by atoms with E-state index in [0.29, 0.717) is 18.7 Å². The highest BCUT2D eigenvalue weighted by Crippen LogP contribution is 2.17. The summed E-state index contributed by atoms with van der Waals surface area (Å²) in [6.07, 6.45) is 4.06. The van der Waals surface area contributed by atoms with Crippen LogP contribution in [0.15, 0.2) is 133 Å². The highest BCUT2D eigenvalue weighted by molar-refractivity contribution is 5.78. The number of amides is 2. The van der Waals surface area contributed by atoms with Gasteiger partial charge in [0.15, 0.2) is 0 Å². The van der Waals surface area contributed by atoms with Crippen molar-refractivity contribution in [2.24, 2.45) is 11.7 Å². The van der Waals surface area contributed by atoms with Crippen molar-refractivity contribution in [2.75, 3.05) is 38.9 Å². The Kier molecular flexibility index (Phi) is 28.6. The van der Waals surface area contributed by atoms with Crippen molar-refractivity contribution in [3.8, 4) is 11.5 Å². The third-order valence-electron chi connectivity index (χ3n) is 7.89. The number of carbonyl (C=O) groups is 4. The van der Waals surface area contributed by atoms with Crippen molar-refractivity contribution in [3.63, 3.8) is 0 Å². The monoisotopic (exact) mass is 764 g/mol. The van der Waals surface area contributed by atoms with Crippen molar-refractivity contribution >= 4 is 37.3 Å². The number of carbonyl (C=O) groups excluding carboxylic acids is 4. The quantitative estimate of drug-likeness (QED) is 0.0846. The van der Waals surface area contributed by atoms with Gasteiger partial charge in [-0.3, -0.25) is 9.59 Å². The lowest BCUT2D eigenvalue weighted by molar-refractivity contribution is -0.121. The summed E-state index contributed by atoms with van der Waals surface area (Å²) in [5.41, 5.74) is 11.4. The number of hydrogen-bond donors (Lipinski definition) is 4. The van der Waals surface area contributed by atoms with Crippen LogP contribution in [0.1, 0.15) is 36.1 Å². The van der Waals surface area contributed by atoms with Gasteiger partial charge in [-0.25, -0.2) is 0 Å². The molecule has 2 atom stereocenters. The van der Waals surface area contributed by atoms with E-state index in [1.807, 2.05) is 63.1 Å². The van der Waals surface area contributed by atoms with Gasteiger partial charge in [0.25, 0.3) is 0 Å². The maximum absolute atomic E-state index is 12.4. The van der Waals surface area contributed by atoms with E-state index in [4.69, 9.17) is 19.1 Å². The van der Waals surface area contributed by atoms with E-state index in [9.17, 15) is 9.59 Å². The fourth-order valence-corrected chi connectivity index (χ4v) is 5.33. The van der Waals surface area contributed by atoms with Gasteiger partial charge in [-0.15, -0.1) is 0 Å². The van der Waals surface area contributed by atoms with E-state index < -0.39 is 0 Å². The molecule has 0 aliphatic heterocycles. The van der Waals surface area contributed by atoms with Crippen LogP contribution in [0.2, 0.25) is 0 Å². The molecule has 5 aromatic rings. The Bertz CT molecular complexity index is 1660. The van der Waals surface area contributed by atoms with E-state index in [-0.39, 0.29) is 11.9 Å². The molecule has 0 spiro atoms. The molecule has 0 saturated heterocycles. The van der Waals surface area contributed by atoms with Crippen LogP contribution in [-0.4, -0.2) is 60.3 Å². The first-order valence-corrected chi connectivity index (χ1v) is 18.1. The molecule has 56 heavy (non-hydrogen) atoms. The van der Waals surface area contributed by atoms with Gasteiger partial charge in [0.05, 0.1) is 20.6 Å². The third-order valence-corrected chi connectivity index (χ3v) is 7.89. The zero-order valence-electron chi connectivity index (χ0n) is 33.7. The number of methoxy groups -OCH3 is 2. The van der Waals surface area contributed by atoms with E-state index in [2.05, 4.69) is 102 Å². The van der Waals surface area contributed by atoms with Crippen LogP contribution in [-0.2, 0) is 44.9 Å². The Labute approximate surface area is 333 Å². The van der Waals surface area contributed by atoms with E-state index >= 15 is 0 Å². The fraction of sp³-hybridized carbons (Fsp3) is 0.261. The summed E-state index contributed by atoms with van der Waals surface area (Å²) in [4.78, 5) is 38.4. The van der Waals surface area contributed by atoms with Gasteiger partial charge in [0, 0.05) is 24.5 Å². The zero-order valence-corrected chi connectivity index (χ0v) is 33.7. The molecule has 0 radical (unpaired) electrons. The fourth-order valence-electron chi connectivity index (χ4n) is 5.33. The number of benzene rings is 5. The molecule has 10 heteroatoms. The highest BCUT2D eigenvalue weighted by Gasteiger charge is 2.10. The van der Waals surface area contributed by atoms with Gasteiger partial charge in [-0.05, 0) is 110 Å². The van der Waals surface area contributed by atoms with Gasteiger partial charge in [0.1, 0.15) is 25.1 Å². The van der Waals surface area contributed by atoms with Crippen LogP contribution in [0.5, 0.6) is 11.5 Å². The SMILES string of the molecule is C=O.C=O.CC(Cc1ccccc1)NC(=O)Cc1ccc(C[C@H](C)Cc2ccccc2)cc1.CN.CNc1ccc(OC)cc1.COc1ccc(NC=O)cc1. The van der Waals surface area contributed by atoms with Crippen LogP contribution >= 0.6 is 0 Å². The lowest BCUT2D eigenvalue weighted by atomic mass is 9.93. The number of rotatable bonds is 14. The van der Waals surface area contributed by atoms with Crippen LogP contribution in [0, 0.1) is 5.92 Å². The minimum atomic E-state index is 0.0821. The smallest absolute Gasteiger partial charge is 0.224 e. The first-order chi connectivity index (χ1) is 27.3. The normalized spacial score (nSPS) is 10.3. The first-order valence-electron chi connectivity index (χ1n) is 18.1.